The Morgan fingerprint density at radius 3 is 2.64 bits per heavy atom. The Labute approximate surface area is 130 Å². The van der Waals surface area contributed by atoms with Crippen LogP contribution < -0.4 is 15.4 Å². The molecule has 0 atom stereocenters. The molecule has 0 bridgehead atoms. The number of nitrogens with one attached hydrogen (secondary N) is 3. The molecule has 1 saturated carbocycles. The minimum Gasteiger partial charge on any atom is -0.352 e. The molecule has 2 fully saturated rings. The van der Waals surface area contributed by atoms with Gasteiger partial charge in [-0.3, -0.25) is 4.79 Å². The number of benzene rings is 1. The molecule has 0 spiro atoms. The van der Waals surface area contributed by atoms with Crippen molar-refractivity contribution >= 4 is 15.9 Å². The molecule has 1 amide bonds. The fourth-order valence-corrected chi connectivity index (χ4v) is 3.66. The van der Waals surface area contributed by atoms with E-state index in [1.54, 1.807) is 12.1 Å². The van der Waals surface area contributed by atoms with Gasteiger partial charge in [0.05, 0.1) is 4.90 Å². The highest BCUT2D eigenvalue weighted by Crippen LogP contribution is 2.23. The molecule has 1 heterocycles. The van der Waals surface area contributed by atoms with E-state index in [0.29, 0.717) is 18.0 Å². The van der Waals surface area contributed by atoms with Crippen LogP contribution in [0.1, 0.15) is 28.8 Å². The lowest BCUT2D eigenvalue weighted by Crippen LogP contribution is -2.48. The van der Waals surface area contributed by atoms with Crippen LogP contribution in [-0.2, 0) is 10.0 Å². The zero-order valence-electron chi connectivity index (χ0n) is 12.6. The summed E-state index contributed by atoms with van der Waals surface area (Å²) in [5.74, 6) is 0.251. The topological polar surface area (TPSA) is 87.3 Å². The van der Waals surface area contributed by atoms with E-state index in [1.807, 2.05) is 6.92 Å². The van der Waals surface area contributed by atoms with Gasteiger partial charge >= 0.3 is 0 Å². The fourth-order valence-electron chi connectivity index (χ4n) is 2.33. The van der Waals surface area contributed by atoms with Gasteiger partial charge in [-0.1, -0.05) is 6.07 Å². The predicted octanol–water partition coefficient (Wildman–Crippen LogP) is 0.385. The van der Waals surface area contributed by atoms with E-state index in [1.165, 1.54) is 6.07 Å². The van der Waals surface area contributed by atoms with E-state index in [2.05, 4.69) is 15.4 Å². The summed E-state index contributed by atoms with van der Waals surface area (Å²) in [6, 6.07) is 4.75. The molecule has 3 N–H and O–H groups in total. The van der Waals surface area contributed by atoms with E-state index in [0.717, 1.165) is 31.5 Å². The van der Waals surface area contributed by atoms with Crippen molar-refractivity contribution < 1.29 is 13.2 Å². The second kappa shape index (κ2) is 5.98. The van der Waals surface area contributed by atoms with Crippen molar-refractivity contribution in [3.05, 3.63) is 29.3 Å². The standard InChI is InChI=1S/C15H21N3O3S/c1-10-2-5-13(22(20,21)18-12-3-4-12)6-14(10)15(19)17-9-11-7-16-8-11/h2,5-6,11-12,16,18H,3-4,7-9H2,1H3,(H,17,19). The van der Waals surface area contributed by atoms with Crippen molar-refractivity contribution in [2.75, 3.05) is 19.6 Å². The quantitative estimate of drug-likeness (QED) is 0.706. The highest BCUT2D eigenvalue weighted by Gasteiger charge is 2.28. The maximum Gasteiger partial charge on any atom is 0.251 e. The molecule has 6 nitrogen and oxygen atoms in total. The number of carbonyl (C=O) groups excluding carboxylic acids is 1. The van der Waals surface area contributed by atoms with Crippen LogP contribution in [-0.4, -0.2) is 40.0 Å². The molecule has 1 saturated heterocycles. The van der Waals surface area contributed by atoms with Crippen molar-refractivity contribution in [3.63, 3.8) is 0 Å². The van der Waals surface area contributed by atoms with Crippen LogP contribution in [0.3, 0.4) is 0 Å². The Morgan fingerprint density at radius 2 is 2.05 bits per heavy atom. The number of amides is 1. The van der Waals surface area contributed by atoms with Crippen LogP contribution in [0.15, 0.2) is 23.1 Å². The predicted molar refractivity (Wildman–Crippen MR) is 83.2 cm³/mol. The van der Waals surface area contributed by atoms with E-state index in [-0.39, 0.29) is 16.8 Å². The molecule has 120 valence electrons. The van der Waals surface area contributed by atoms with Crippen LogP contribution >= 0.6 is 0 Å². The molecule has 0 unspecified atom stereocenters. The molecular weight excluding hydrogens is 302 g/mol. The van der Waals surface area contributed by atoms with Gasteiger partial charge in [0.15, 0.2) is 0 Å². The Kier molecular flexibility index (Phi) is 4.20. The SMILES string of the molecule is Cc1ccc(S(=O)(=O)NC2CC2)cc1C(=O)NCC1CNC1. The van der Waals surface area contributed by atoms with E-state index in [9.17, 15) is 13.2 Å². The largest absolute Gasteiger partial charge is 0.352 e. The van der Waals surface area contributed by atoms with Gasteiger partial charge in [-0.05, 0) is 37.5 Å². The van der Waals surface area contributed by atoms with Gasteiger partial charge in [-0.15, -0.1) is 0 Å². The van der Waals surface area contributed by atoms with Gasteiger partial charge in [0, 0.05) is 37.2 Å². The second-order valence-corrected chi connectivity index (χ2v) is 7.82. The lowest BCUT2D eigenvalue weighted by Gasteiger charge is -2.27. The van der Waals surface area contributed by atoms with Gasteiger partial charge in [0.1, 0.15) is 0 Å². The first-order valence-corrected chi connectivity index (χ1v) is 9.06. The lowest BCUT2D eigenvalue weighted by molar-refractivity contribution is 0.0941. The summed E-state index contributed by atoms with van der Waals surface area (Å²) >= 11 is 0. The number of rotatable bonds is 6. The monoisotopic (exact) mass is 323 g/mol. The summed E-state index contributed by atoms with van der Waals surface area (Å²) in [4.78, 5) is 12.4. The summed E-state index contributed by atoms with van der Waals surface area (Å²) in [5.41, 5.74) is 1.19. The minimum atomic E-state index is -3.53. The zero-order valence-corrected chi connectivity index (χ0v) is 13.4. The Morgan fingerprint density at radius 1 is 1.32 bits per heavy atom. The van der Waals surface area contributed by atoms with E-state index >= 15 is 0 Å². The number of carbonyl (C=O) groups is 1. The number of aryl methyl sites for hydroxylation is 1. The van der Waals surface area contributed by atoms with Crippen LogP contribution in [0.2, 0.25) is 0 Å². The third-order valence-electron chi connectivity index (χ3n) is 4.08. The molecule has 1 aliphatic carbocycles. The fraction of sp³-hybridized carbons (Fsp3) is 0.533. The molecule has 2 aliphatic rings. The van der Waals surface area contributed by atoms with Crippen molar-refractivity contribution in [2.24, 2.45) is 5.92 Å². The molecule has 7 heteroatoms. The molecule has 22 heavy (non-hydrogen) atoms. The third-order valence-corrected chi connectivity index (χ3v) is 5.60. The third kappa shape index (κ3) is 3.48. The highest BCUT2D eigenvalue weighted by atomic mass is 32.2. The van der Waals surface area contributed by atoms with Crippen LogP contribution in [0.4, 0.5) is 0 Å². The summed E-state index contributed by atoms with van der Waals surface area (Å²) in [7, 11) is -3.53. The van der Waals surface area contributed by atoms with Crippen LogP contribution in [0, 0.1) is 12.8 Å². The van der Waals surface area contributed by atoms with Gasteiger partial charge in [0.25, 0.3) is 5.91 Å². The summed E-state index contributed by atoms with van der Waals surface area (Å²) in [5, 5.41) is 6.03. The van der Waals surface area contributed by atoms with Gasteiger partial charge in [-0.2, -0.15) is 0 Å². The molecular formula is C15H21N3O3S. The normalized spacial score (nSPS) is 18.8. The average Bonchev–Trinajstić information content (AvgIpc) is 3.20. The number of hydrogen-bond donors (Lipinski definition) is 3. The Balaban J connectivity index is 1.74. The highest BCUT2D eigenvalue weighted by molar-refractivity contribution is 7.89. The number of hydrogen-bond acceptors (Lipinski definition) is 4. The van der Waals surface area contributed by atoms with Gasteiger partial charge in [-0.25, -0.2) is 13.1 Å². The summed E-state index contributed by atoms with van der Waals surface area (Å²) in [6.45, 7) is 4.26. The van der Waals surface area contributed by atoms with Gasteiger partial charge in [0.2, 0.25) is 10.0 Å². The summed E-state index contributed by atoms with van der Waals surface area (Å²) in [6.07, 6.45) is 1.77. The summed E-state index contributed by atoms with van der Waals surface area (Å²) < 4.78 is 27.1. The second-order valence-electron chi connectivity index (χ2n) is 6.11. The Bertz CT molecular complexity index is 679. The lowest BCUT2D eigenvalue weighted by atomic mass is 10.0. The maximum absolute atomic E-state index is 12.3. The van der Waals surface area contributed by atoms with Crippen molar-refractivity contribution in [2.45, 2.75) is 30.7 Å². The Hall–Kier alpha value is -1.44. The smallest absolute Gasteiger partial charge is 0.251 e. The molecule has 1 aromatic rings. The molecule has 1 aromatic carbocycles. The van der Waals surface area contributed by atoms with Crippen molar-refractivity contribution in [3.8, 4) is 0 Å². The first-order valence-electron chi connectivity index (χ1n) is 7.57. The molecule has 3 rings (SSSR count). The van der Waals surface area contributed by atoms with E-state index < -0.39 is 10.0 Å². The first-order chi connectivity index (χ1) is 10.5. The van der Waals surface area contributed by atoms with Gasteiger partial charge < -0.3 is 10.6 Å². The van der Waals surface area contributed by atoms with Crippen LogP contribution in [0.5, 0.6) is 0 Å². The molecule has 0 radical (unpaired) electrons. The minimum absolute atomic E-state index is 0.0506. The van der Waals surface area contributed by atoms with Crippen molar-refractivity contribution in [1.29, 1.82) is 0 Å². The average molecular weight is 323 g/mol. The maximum atomic E-state index is 12.3. The first kappa shape index (κ1) is 15.5. The molecule has 0 aromatic heterocycles. The van der Waals surface area contributed by atoms with E-state index in [4.69, 9.17) is 0 Å². The zero-order chi connectivity index (χ0) is 15.7. The number of sulfonamides is 1. The molecule has 1 aliphatic heterocycles. The van der Waals surface area contributed by atoms with Crippen LogP contribution in [0.25, 0.3) is 0 Å². The van der Waals surface area contributed by atoms with Crippen molar-refractivity contribution in [1.82, 2.24) is 15.4 Å².